The van der Waals surface area contributed by atoms with Gasteiger partial charge in [-0.15, -0.1) is 0 Å². The Labute approximate surface area is 161 Å². The van der Waals surface area contributed by atoms with Crippen LogP contribution in [0.4, 0.5) is 22.0 Å². The van der Waals surface area contributed by atoms with Gasteiger partial charge in [-0.1, -0.05) is 0 Å². The van der Waals surface area contributed by atoms with Crippen molar-refractivity contribution in [2.75, 3.05) is 0 Å². The van der Waals surface area contributed by atoms with Gasteiger partial charge in [0.15, 0.2) is 17.5 Å². The zero-order valence-corrected chi connectivity index (χ0v) is 17.3. The summed E-state index contributed by atoms with van der Waals surface area (Å²) in [6, 6.07) is 0.906. The minimum Gasteiger partial charge on any atom is -0.394 e. The largest absolute Gasteiger partial charge is 0.628 e. The lowest BCUT2D eigenvalue weighted by molar-refractivity contribution is -0.201. The van der Waals surface area contributed by atoms with Gasteiger partial charge in [-0.2, -0.15) is 8.78 Å². The second-order valence-corrected chi connectivity index (χ2v) is 9.09. The van der Waals surface area contributed by atoms with Crippen LogP contribution in [0, 0.1) is 17.5 Å². The van der Waals surface area contributed by atoms with Gasteiger partial charge >= 0.3 is 20.5 Å². The summed E-state index contributed by atoms with van der Waals surface area (Å²) in [5, 5.41) is 0. The SMILES string of the molecule is CC(C)O[Si](OC(C)C)(OC(C)C)C(F)(F)OC(=O)c1ccc(F)c(F)c1F. The van der Waals surface area contributed by atoms with Gasteiger partial charge in [-0.05, 0) is 53.7 Å². The van der Waals surface area contributed by atoms with Gasteiger partial charge in [0, 0.05) is 18.3 Å². The van der Waals surface area contributed by atoms with Crippen LogP contribution in [0.25, 0.3) is 0 Å². The van der Waals surface area contributed by atoms with E-state index in [1.807, 2.05) is 0 Å². The summed E-state index contributed by atoms with van der Waals surface area (Å²) < 4.78 is 90.1. The molecule has 0 amide bonds. The van der Waals surface area contributed by atoms with Crippen LogP contribution >= 0.6 is 0 Å². The topological polar surface area (TPSA) is 54.0 Å². The number of hydrogen-bond acceptors (Lipinski definition) is 5. The molecule has 0 N–H and O–H groups in total. The molecule has 0 fully saturated rings. The van der Waals surface area contributed by atoms with Crippen molar-refractivity contribution < 1.29 is 44.8 Å². The van der Waals surface area contributed by atoms with Gasteiger partial charge < -0.3 is 18.0 Å². The third kappa shape index (κ3) is 5.72. The van der Waals surface area contributed by atoms with Crippen LogP contribution in [-0.4, -0.2) is 38.8 Å². The zero-order valence-electron chi connectivity index (χ0n) is 16.3. The normalized spacial score (nSPS) is 12.9. The Morgan fingerprint density at radius 3 is 1.68 bits per heavy atom. The number of esters is 1. The molecular formula is C17H23F5O5Si. The summed E-state index contributed by atoms with van der Waals surface area (Å²) in [6.45, 7) is 8.68. The Morgan fingerprint density at radius 2 is 1.29 bits per heavy atom. The van der Waals surface area contributed by atoms with Crippen molar-refractivity contribution in [1.29, 1.82) is 0 Å². The molecule has 0 radical (unpaired) electrons. The average molecular weight is 430 g/mol. The van der Waals surface area contributed by atoms with Crippen molar-refractivity contribution in [2.24, 2.45) is 0 Å². The van der Waals surface area contributed by atoms with Crippen LogP contribution < -0.4 is 0 Å². The zero-order chi connectivity index (χ0) is 21.9. The molecular weight excluding hydrogens is 407 g/mol. The third-order valence-corrected chi connectivity index (χ3v) is 6.17. The summed E-state index contributed by atoms with van der Waals surface area (Å²) in [6.07, 6.45) is -2.39. The van der Waals surface area contributed by atoms with Crippen molar-refractivity contribution in [3.63, 3.8) is 0 Å². The highest BCUT2D eigenvalue weighted by Gasteiger charge is 2.70. The molecule has 0 aliphatic rings. The molecule has 11 heteroatoms. The van der Waals surface area contributed by atoms with Gasteiger partial charge in [-0.25, -0.2) is 18.0 Å². The summed E-state index contributed by atoms with van der Waals surface area (Å²) in [4.78, 5) is 12.1. The summed E-state index contributed by atoms with van der Waals surface area (Å²) in [5.41, 5.74) is -5.65. The van der Waals surface area contributed by atoms with E-state index in [0.29, 0.717) is 12.1 Å². The second kappa shape index (κ2) is 9.29. The average Bonchev–Trinajstić information content (AvgIpc) is 2.49. The lowest BCUT2D eigenvalue weighted by Gasteiger charge is -2.37. The number of halogens is 5. The quantitative estimate of drug-likeness (QED) is 0.248. The fourth-order valence-electron chi connectivity index (χ4n) is 2.14. The van der Waals surface area contributed by atoms with Crippen LogP contribution in [0.1, 0.15) is 51.9 Å². The van der Waals surface area contributed by atoms with E-state index in [-0.39, 0.29) is 0 Å². The minimum atomic E-state index is -5.02. The van der Waals surface area contributed by atoms with Crippen molar-refractivity contribution >= 4 is 14.8 Å². The second-order valence-electron chi connectivity index (χ2n) is 6.69. The van der Waals surface area contributed by atoms with Crippen molar-refractivity contribution in [3.8, 4) is 0 Å². The van der Waals surface area contributed by atoms with Crippen LogP contribution in [0.2, 0.25) is 0 Å². The fourth-order valence-corrected chi connectivity index (χ4v) is 4.80. The van der Waals surface area contributed by atoms with Crippen LogP contribution in [0.15, 0.2) is 12.1 Å². The predicted molar refractivity (Wildman–Crippen MR) is 91.1 cm³/mol. The molecule has 0 aliphatic heterocycles. The maximum Gasteiger partial charge on any atom is 0.628 e. The van der Waals surface area contributed by atoms with Crippen LogP contribution in [0.3, 0.4) is 0 Å². The van der Waals surface area contributed by atoms with E-state index < -0.39 is 61.8 Å². The van der Waals surface area contributed by atoms with Crippen LogP contribution in [0.5, 0.6) is 0 Å². The number of benzene rings is 1. The number of rotatable bonds is 9. The Bertz CT molecular complexity index is 670. The highest BCUT2D eigenvalue weighted by Crippen LogP contribution is 2.36. The maximum atomic E-state index is 15.0. The minimum absolute atomic E-state index is 0.414. The number of carbonyl (C=O) groups is 1. The van der Waals surface area contributed by atoms with E-state index >= 15 is 8.78 Å². The Balaban J connectivity index is 3.34. The smallest absolute Gasteiger partial charge is 0.394 e. The van der Waals surface area contributed by atoms with Gasteiger partial charge in [0.25, 0.3) is 0 Å². The molecule has 1 rings (SSSR count). The molecule has 0 spiro atoms. The molecule has 0 atom stereocenters. The summed E-state index contributed by atoms with van der Waals surface area (Å²) >= 11 is 0. The van der Waals surface area contributed by atoms with E-state index in [9.17, 15) is 18.0 Å². The number of ether oxygens (including phenoxy) is 1. The van der Waals surface area contributed by atoms with Gasteiger partial charge in [0.1, 0.15) is 0 Å². The highest BCUT2D eigenvalue weighted by atomic mass is 28.4. The monoisotopic (exact) mass is 430 g/mol. The number of alkyl halides is 2. The van der Waals surface area contributed by atoms with Gasteiger partial charge in [-0.3, -0.25) is 0 Å². The first-order valence-corrected chi connectivity index (χ1v) is 10.2. The van der Waals surface area contributed by atoms with Crippen molar-refractivity contribution in [1.82, 2.24) is 0 Å². The first-order chi connectivity index (χ1) is 12.7. The molecule has 5 nitrogen and oxygen atoms in total. The van der Waals surface area contributed by atoms with E-state index in [1.165, 1.54) is 41.5 Å². The third-order valence-electron chi connectivity index (χ3n) is 3.00. The predicted octanol–water partition coefficient (Wildman–Crippen LogP) is 4.61. The molecule has 0 saturated carbocycles. The molecule has 0 aromatic heterocycles. The van der Waals surface area contributed by atoms with E-state index in [0.717, 1.165) is 0 Å². The molecule has 0 bridgehead atoms. The van der Waals surface area contributed by atoms with Crippen molar-refractivity contribution in [3.05, 3.63) is 35.1 Å². The molecule has 0 aliphatic carbocycles. The molecule has 0 unspecified atom stereocenters. The Morgan fingerprint density at radius 1 is 0.857 bits per heavy atom. The van der Waals surface area contributed by atoms with Gasteiger partial charge in [0.2, 0.25) is 0 Å². The molecule has 0 heterocycles. The van der Waals surface area contributed by atoms with E-state index in [4.69, 9.17) is 13.3 Å². The van der Waals surface area contributed by atoms with Gasteiger partial charge in [0.05, 0.1) is 5.56 Å². The lowest BCUT2D eigenvalue weighted by Crippen LogP contribution is -2.65. The lowest BCUT2D eigenvalue weighted by atomic mass is 10.2. The molecule has 0 saturated heterocycles. The summed E-state index contributed by atoms with van der Waals surface area (Å²) in [7, 11) is -5.02. The standard InChI is InChI=1S/C17H23F5O5Si/c1-9(2)25-28(26-10(3)4,27-11(5)6)17(21,22)24-16(23)12-7-8-13(18)15(20)14(12)19/h7-11H,1-6H3. The van der Waals surface area contributed by atoms with E-state index in [2.05, 4.69) is 4.74 Å². The Hall–Kier alpha value is -1.56. The first kappa shape index (κ1) is 24.5. The van der Waals surface area contributed by atoms with Crippen molar-refractivity contribution in [2.45, 2.75) is 65.6 Å². The highest BCUT2D eigenvalue weighted by molar-refractivity contribution is 6.63. The Kier molecular flexibility index (Phi) is 8.12. The molecule has 1 aromatic rings. The maximum absolute atomic E-state index is 15.0. The molecule has 1 aromatic carbocycles. The van der Waals surface area contributed by atoms with Crippen LogP contribution in [-0.2, 0) is 18.0 Å². The first-order valence-electron chi connectivity index (χ1n) is 8.50. The molecule has 160 valence electrons. The van der Waals surface area contributed by atoms with E-state index in [1.54, 1.807) is 0 Å². The summed E-state index contributed by atoms with van der Waals surface area (Å²) in [5.74, 6) is -7.45. The number of carbonyl (C=O) groups excluding carboxylic acids is 1. The molecule has 28 heavy (non-hydrogen) atoms. The fraction of sp³-hybridized carbons (Fsp3) is 0.588. The number of hydrogen-bond donors (Lipinski definition) is 0.